The summed E-state index contributed by atoms with van der Waals surface area (Å²) in [4.78, 5) is 16.1. The van der Waals surface area contributed by atoms with Crippen LogP contribution in [-0.2, 0) is 23.9 Å². The van der Waals surface area contributed by atoms with Crippen LogP contribution in [0.25, 0.3) is 0 Å². The zero-order valence-electron chi connectivity index (χ0n) is 16.5. The van der Waals surface area contributed by atoms with E-state index in [1.54, 1.807) is 12.1 Å². The van der Waals surface area contributed by atoms with Crippen molar-refractivity contribution in [3.8, 4) is 0 Å². The van der Waals surface area contributed by atoms with Crippen molar-refractivity contribution in [1.82, 2.24) is 10.6 Å². The molecule has 0 bridgehead atoms. The smallest absolute Gasteiger partial charge is 0.369 e. The number of rotatable bonds is 8. The number of guanidine groups is 1. The number of benzene rings is 2. The van der Waals surface area contributed by atoms with E-state index in [9.17, 15) is 22.4 Å². The highest BCUT2D eigenvalue weighted by Crippen LogP contribution is 2.29. The fourth-order valence-electron chi connectivity index (χ4n) is 2.71. The molecule has 0 saturated heterocycles. The second-order valence-corrected chi connectivity index (χ2v) is 6.70. The topological polar surface area (TPSA) is 79.5 Å². The van der Waals surface area contributed by atoms with Gasteiger partial charge in [-0.3, -0.25) is 4.79 Å². The van der Waals surface area contributed by atoms with E-state index in [0.717, 1.165) is 17.7 Å². The van der Waals surface area contributed by atoms with Crippen molar-refractivity contribution in [2.75, 3.05) is 13.1 Å². The summed E-state index contributed by atoms with van der Waals surface area (Å²) in [5.74, 6) is -1.02. The number of carbonyl (C=O) groups excluding carboxylic acids is 1. The number of nitrogens with one attached hydrogen (secondary N) is 2. The Morgan fingerprint density at radius 2 is 1.63 bits per heavy atom. The summed E-state index contributed by atoms with van der Waals surface area (Å²) >= 11 is 0. The van der Waals surface area contributed by atoms with Crippen LogP contribution in [0.4, 0.5) is 17.6 Å². The van der Waals surface area contributed by atoms with E-state index in [-0.39, 0.29) is 18.9 Å². The van der Waals surface area contributed by atoms with Gasteiger partial charge in [0.05, 0.1) is 18.0 Å². The molecule has 2 rings (SSSR count). The molecule has 0 heterocycles. The molecule has 9 heteroatoms. The minimum absolute atomic E-state index is 0.159. The Hall–Kier alpha value is -3.10. The maximum absolute atomic E-state index is 13.0. The van der Waals surface area contributed by atoms with Gasteiger partial charge in [0.15, 0.2) is 5.96 Å². The van der Waals surface area contributed by atoms with Crippen LogP contribution < -0.4 is 16.4 Å². The summed E-state index contributed by atoms with van der Waals surface area (Å²) in [7, 11) is 0. The fraction of sp³-hybridized carbons (Fsp3) is 0.333. The molecule has 2 aromatic carbocycles. The first-order valence-electron chi connectivity index (χ1n) is 9.41. The Labute approximate surface area is 172 Å². The van der Waals surface area contributed by atoms with Crippen LogP contribution in [0, 0.1) is 11.7 Å². The van der Waals surface area contributed by atoms with Gasteiger partial charge < -0.3 is 16.4 Å². The van der Waals surface area contributed by atoms with Crippen LogP contribution >= 0.6 is 0 Å². The monoisotopic (exact) mass is 424 g/mol. The van der Waals surface area contributed by atoms with E-state index in [2.05, 4.69) is 15.6 Å². The van der Waals surface area contributed by atoms with Gasteiger partial charge in [-0.25, -0.2) is 9.38 Å². The van der Waals surface area contributed by atoms with Crippen molar-refractivity contribution in [2.24, 2.45) is 16.6 Å². The number of primary amides is 1. The molecule has 0 aromatic heterocycles. The molecule has 0 aliphatic carbocycles. The van der Waals surface area contributed by atoms with E-state index in [0.29, 0.717) is 24.5 Å². The number of hydrogen-bond acceptors (Lipinski definition) is 2. The van der Waals surface area contributed by atoms with Crippen molar-refractivity contribution < 1.29 is 22.4 Å². The first kappa shape index (κ1) is 23.2. The van der Waals surface area contributed by atoms with Crippen LogP contribution in [0.15, 0.2) is 53.5 Å². The van der Waals surface area contributed by atoms with Crippen molar-refractivity contribution in [3.63, 3.8) is 0 Å². The summed E-state index contributed by atoms with van der Waals surface area (Å²) in [6, 6.07) is 10.6. The highest BCUT2D eigenvalue weighted by molar-refractivity contribution is 5.81. The molecular formula is C21H24F4N4O. The molecule has 0 saturated carbocycles. The van der Waals surface area contributed by atoms with Gasteiger partial charge in [-0.1, -0.05) is 24.3 Å². The zero-order valence-corrected chi connectivity index (χ0v) is 16.5. The minimum atomic E-state index is -4.38. The average molecular weight is 424 g/mol. The SMILES string of the molecule is CCNC(=NCc1ccc(C(F)(F)F)cc1)NCC(Cc1ccc(F)cc1)C(N)=O. The van der Waals surface area contributed by atoms with E-state index >= 15 is 0 Å². The standard InChI is InChI=1S/C21H24F4N4O/c1-2-27-20(28-12-15-3-7-17(8-4-15)21(23,24)25)29-13-16(19(26)30)11-14-5-9-18(22)10-6-14/h3-10,16H,2,11-13H2,1H3,(H2,26,30)(H2,27,28,29). The second-order valence-electron chi connectivity index (χ2n) is 6.70. The van der Waals surface area contributed by atoms with Crippen LogP contribution in [0.2, 0.25) is 0 Å². The van der Waals surface area contributed by atoms with Crippen LogP contribution in [0.5, 0.6) is 0 Å². The number of nitrogens with two attached hydrogens (primary N) is 1. The van der Waals surface area contributed by atoms with Gasteiger partial charge in [0, 0.05) is 13.1 Å². The third-order valence-electron chi connectivity index (χ3n) is 4.36. The molecule has 1 unspecified atom stereocenters. The Balaban J connectivity index is 2.00. The number of aliphatic imine (C=N–C) groups is 1. The Bertz CT molecular complexity index is 849. The van der Waals surface area contributed by atoms with Crippen LogP contribution in [0.1, 0.15) is 23.6 Å². The predicted molar refractivity (Wildman–Crippen MR) is 107 cm³/mol. The lowest BCUT2D eigenvalue weighted by atomic mass is 9.98. The summed E-state index contributed by atoms with van der Waals surface area (Å²) in [5.41, 5.74) is 6.15. The molecule has 0 aliphatic rings. The summed E-state index contributed by atoms with van der Waals surface area (Å²) < 4.78 is 51.0. The lowest BCUT2D eigenvalue weighted by Crippen LogP contribution is -2.43. The maximum atomic E-state index is 13.0. The highest BCUT2D eigenvalue weighted by Gasteiger charge is 2.29. The molecule has 0 aliphatic heterocycles. The number of alkyl halides is 3. The van der Waals surface area contributed by atoms with Gasteiger partial charge >= 0.3 is 6.18 Å². The molecule has 0 radical (unpaired) electrons. The Morgan fingerprint density at radius 1 is 1.03 bits per heavy atom. The van der Waals surface area contributed by atoms with Crippen molar-refractivity contribution >= 4 is 11.9 Å². The first-order valence-corrected chi connectivity index (χ1v) is 9.41. The van der Waals surface area contributed by atoms with Gasteiger partial charge in [0.2, 0.25) is 5.91 Å². The quantitative estimate of drug-likeness (QED) is 0.346. The Kier molecular flexibility index (Phi) is 8.20. The molecule has 30 heavy (non-hydrogen) atoms. The molecular weight excluding hydrogens is 400 g/mol. The van der Waals surface area contributed by atoms with Crippen molar-refractivity contribution in [3.05, 3.63) is 71.0 Å². The second kappa shape index (κ2) is 10.6. The molecule has 4 N–H and O–H groups in total. The number of hydrogen-bond donors (Lipinski definition) is 3. The molecule has 162 valence electrons. The molecule has 2 aromatic rings. The fourth-order valence-corrected chi connectivity index (χ4v) is 2.71. The van der Waals surface area contributed by atoms with Crippen LogP contribution in [0.3, 0.4) is 0 Å². The van der Waals surface area contributed by atoms with Gasteiger partial charge in [-0.2, -0.15) is 13.2 Å². The molecule has 1 atom stereocenters. The number of carbonyl (C=O) groups is 1. The average Bonchev–Trinajstić information content (AvgIpc) is 2.70. The Morgan fingerprint density at radius 3 is 2.17 bits per heavy atom. The first-order chi connectivity index (χ1) is 14.2. The van der Waals surface area contributed by atoms with Crippen molar-refractivity contribution in [2.45, 2.75) is 26.1 Å². The highest BCUT2D eigenvalue weighted by atomic mass is 19.4. The van der Waals surface area contributed by atoms with Gasteiger partial charge in [0.25, 0.3) is 0 Å². The number of nitrogens with zero attached hydrogens (tertiary/aromatic N) is 1. The normalized spacial score (nSPS) is 13.0. The molecule has 5 nitrogen and oxygen atoms in total. The van der Waals surface area contributed by atoms with E-state index in [1.165, 1.54) is 24.3 Å². The lowest BCUT2D eigenvalue weighted by molar-refractivity contribution is -0.137. The van der Waals surface area contributed by atoms with Crippen LogP contribution in [-0.4, -0.2) is 25.0 Å². The third kappa shape index (κ3) is 7.38. The van der Waals surface area contributed by atoms with E-state index < -0.39 is 23.6 Å². The largest absolute Gasteiger partial charge is 0.416 e. The third-order valence-corrected chi connectivity index (χ3v) is 4.36. The predicted octanol–water partition coefficient (Wildman–Crippen LogP) is 3.24. The minimum Gasteiger partial charge on any atom is -0.369 e. The summed E-state index contributed by atoms with van der Waals surface area (Å²) in [6.07, 6.45) is -4.05. The number of amides is 1. The van der Waals surface area contributed by atoms with Gasteiger partial charge in [0.1, 0.15) is 5.82 Å². The van der Waals surface area contributed by atoms with E-state index in [1.807, 2.05) is 6.92 Å². The maximum Gasteiger partial charge on any atom is 0.416 e. The molecule has 1 amide bonds. The molecule has 0 fully saturated rings. The van der Waals surface area contributed by atoms with Gasteiger partial charge in [-0.15, -0.1) is 0 Å². The zero-order chi connectivity index (χ0) is 22.1. The summed E-state index contributed by atoms with van der Waals surface area (Å²) in [5, 5.41) is 6.03. The summed E-state index contributed by atoms with van der Waals surface area (Å²) in [6.45, 7) is 2.77. The number of halogens is 4. The van der Waals surface area contributed by atoms with Gasteiger partial charge in [-0.05, 0) is 48.7 Å². The lowest BCUT2D eigenvalue weighted by Gasteiger charge is -2.17. The van der Waals surface area contributed by atoms with Crippen molar-refractivity contribution in [1.29, 1.82) is 0 Å². The van der Waals surface area contributed by atoms with E-state index in [4.69, 9.17) is 5.73 Å². The molecule has 0 spiro atoms.